The van der Waals surface area contributed by atoms with Crippen molar-refractivity contribution < 1.29 is 19.4 Å². The number of carbonyl (C=O) groups excluding carboxylic acids is 2. The third-order valence-electron chi connectivity index (χ3n) is 4.23. The van der Waals surface area contributed by atoms with Gasteiger partial charge in [-0.25, -0.2) is 9.78 Å². The maximum atomic E-state index is 12.5. The minimum absolute atomic E-state index is 0.103. The molecule has 1 aliphatic rings. The molecule has 146 valence electrons. The predicted molar refractivity (Wildman–Crippen MR) is 99.1 cm³/mol. The number of anilines is 1. The molecule has 1 aliphatic carbocycles. The van der Waals surface area contributed by atoms with Crippen LogP contribution in [0.1, 0.15) is 44.0 Å². The lowest BCUT2D eigenvalue weighted by molar-refractivity contribution is 0.0448. The van der Waals surface area contributed by atoms with Crippen LogP contribution >= 0.6 is 11.6 Å². The molecule has 0 radical (unpaired) electrons. The maximum absolute atomic E-state index is 12.5. The quantitative estimate of drug-likeness (QED) is 0.769. The first kappa shape index (κ1) is 19.4. The monoisotopic (exact) mass is 395 g/mol. The van der Waals surface area contributed by atoms with E-state index in [0.717, 1.165) is 0 Å². The van der Waals surface area contributed by atoms with E-state index in [-0.39, 0.29) is 22.4 Å². The molecule has 3 rings (SSSR count). The van der Waals surface area contributed by atoms with Gasteiger partial charge in [-0.15, -0.1) is 0 Å². The molecule has 27 heavy (non-hydrogen) atoms. The first-order valence-electron chi connectivity index (χ1n) is 8.57. The van der Waals surface area contributed by atoms with Crippen LogP contribution in [0.25, 0.3) is 5.65 Å². The zero-order valence-corrected chi connectivity index (χ0v) is 16.3. The molecule has 2 aromatic rings. The smallest absolute Gasteiger partial charge is 0.415 e. The van der Waals surface area contributed by atoms with Crippen LogP contribution in [0, 0.1) is 0 Å². The standard InChI is InChI=1S/C17H22ClN5O4/c1-17(2,3)27-16(26)22(4)13-7-12(18)21-14-9(8-19-23(13)14)15(25)20-10-5-6-11(10)24/h7-8,10-11,24H,5-6H2,1-4H3,(H,20,25). The van der Waals surface area contributed by atoms with Gasteiger partial charge in [0.1, 0.15) is 22.1 Å². The Kier molecular flexibility index (Phi) is 5.00. The predicted octanol–water partition coefficient (Wildman–Crippen LogP) is 2.01. The average molecular weight is 396 g/mol. The highest BCUT2D eigenvalue weighted by Gasteiger charge is 2.31. The third kappa shape index (κ3) is 3.98. The summed E-state index contributed by atoms with van der Waals surface area (Å²) in [5.74, 6) is -0.101. The topological polar surface area (TPSA) is 109 Å². The zero-order chi connectivity index (χ0) is 19.9. The highest BCUT2D eigenvalue weighted by molar-refractivity contribution is 6.30. The van der Waals surface area contributed by atoms with Gasteiger partial charge in [0, 0.05) is 13.1 Å². The first-order chi connectivity index (χ1) is 12.6. The summed E-state index contributed by atoms with van der Waals surface area (Å²) in [6, 6.07) is 1.18. The lowest BCUT2D eigenvalue weighted by atomic mass is 9.89. The molecule has 0 saturated heterocycles. The summed E-state index contributed by atoms with van der Waals surface area (Å²) in [6.07, 6.45) is 1.60. The molecule has 10 heteroatoms. The van der Waals surface area contributed by atoms with Crippen molar-refractivity contribution in [2.24, 2.45) is 0 Å². The van der Waals surface area contributed by atoms with Crippen LogP contribution in [0.4, 0.5) is 10.6 Å². The molecular weight excluding hydrogens is 374 g/mol. The molecule has 2 amide bonds. The highest BCUT2D eigenvalue weighted by atomic mass is 35.5. The van der Waals surface area contributed by atoms with Gasteiger partial charge in [-0.3, -0.25) is 9.69 Å². The number of hydrogen-bond acceptors (Lipinski definition) is 6. The molecule has 2 unspecified atom stereocenters. The van der Waals surface area contributed by atoms with E-state index in [1.807, 2.05) is 0 Å². The molecule has 0 bridgehead atoms. The van der Waals surface area contributed by atoms with Crippen molar-refractivity contribution in [3.63, 3.8) is 0 Å². The molecule has 2 atom stereocenters. The number of rotatable bonds is 3. The van der Waals surface area contributed by atoms with E-state index in [1.54, 1.807) is 20.8 Å². The van der Waals surface area contributed by atoms with Crippen molar-refractivity contribution in [3.8, 4) is 0 Å². The highest BCUT2D eigenvalue weighted by Crippen LogP contribution is 2.24. The number of aliphatic hydroxyl groups is 1. The Morgan fingerprint density at radius 2 is 2.11 bits per heavy atom. The molecule has 1 saturated carbocycles. The number of aromatic nitrogens is 3. The third-order valence-corrected chi connectivity index (χ3v) is 4.43. The van der Waals surface area contributed by atoms with Gasteiger partial charge in [0.2, 0.25) is 0 Å². The lowest BCUT2D eigenvalue weighted by Gasteiger charge is -2.32. The van der Waals surface area contributed by atoms with Gasteiger partial charge in [0.15, 0.2) is 5.65 Å². The molecule has 0 aliphatic heterocycles. The number of aliphatic hydroxyl groups excluding tert-OH is 1. The number of nitrogens with one attached hydrogen (secondary N) is 1. The van der Waals surface area contributed by atoms with E-state index in [0.29, 0.717) is 18.7 Å². The van der Waals surface area contributed by atoms with Crippen LogP contribution in [0.3, 0.4) is 0 Å². The number of ether oxygens (including phenoxy) is 1. The Labute approximate surface area is 161 Å². The Balaban J connectivity index is 1.93. The van der Waals surface area contributed by atoms with Crippen molar-refractivity contribution in [1.82, 2.24) is 19.9 Å². The summed E-state index contributed by atoms with van der Waals surface area (Å²) in [5.41, 5.74) is -0.255. The van der Waals surface area contributed by atoms with Gasteiger partial charge in [0.05, 0.1) is 18.3 Å². The number of hydrogen-bond donors (Lipinski definition) is 2. The van der Waals surface area contributed by atoms with Crippen LogP contribution in [0.5, 0.6) is 0 Å². The second kappa shape index (κ2) is 6.97. The Morgan fingerprint density at radius 3 is 2.67 bits per heavy atom. The average Bonchev–Trinajstić information content (AvgIpc) is 2.98. The second-order valence-electron chi connectivity index (χ2n) is 7.49. The van der Waals surface area contributed by atoms with E-state index < -0.39 is 23.7 Å². The molecule has 9 nitrogen and oxygen atoms in total. The Hall–Kier alpha value is -2.39. The van der Waals surface area contributed by atoms with Gasteiger partial charge in [0.25, 0.3) is 5.91 Å². The minimum atomic E-state index is -0.667. The first-order valence-corrected chi connectivity index (χ1v) is 8.94. The van der Waals surface area contributed by atoms with Gasteiger partial charge >= 0.3 is 6.09 Å². The van der Waals surface area contributed by atoms with Gasteiger partial charge in [-0.2, -0.15) is 9.61 Å². The van der Waals surface area contributed by atoms with Crippen molar-refractivity contribution >= 4 is 35.1 Å². The fourth-order valence-corrected chi connectivity index (χ4v) is 2.82. The molecule has 1 fully saturated rings. The molecule has 2 heterocycles. The summed E-state index contributed by atoms with van der Waals surface area (Å²) < 4.78 is 6.71. The van der Waals surface area contributed by atoms with Crippen LogP contribution in [0.2, 0.25) is 5.15 Å². The van der Waals surface area contributed by atoms with Gasteiger partial charge < -0.3 is 15.2 Å². The van der Waals surface area contributed by atoms with Crippen LogP contribution in [-0.2, 0) is 4.74 Å². The van der Waals surface area contributed by atoms with E-state index in [9.17, 15) is 14.7 Å². The van der Waals surface area contributed by atoms with Crippen molar-refractivity contribution in [2.45, 2.75) is 51.4 Å². The lowest BCUT2D eigenvalue weighted by Crippen LogP contribution is -2.50. The SMILES string of the molecule is CN(C(=O)OC(C)(C)C)c1cc(Cl)nc2c(C(=O)NC3CCC3O)cnn12. The second-order valence-corrected chi connectivity index (χ2v) is 7.88. The normalized spacial score (nSPS) is 19.5. The number of halogens is 1. The molecule has 0 aromatic carbocycles. The summed E-state index contributed by atoms with van der Waals surface area (Å²) >= 11 is 6.10. The van der Waals surface area contributed by atoms with Crippen molar-refractivity contribution in [3.05, 3.63) is 23.0 Å². The summed E-state index contributed by atoms with van der Waals surface area (Å²) in [5, 5.41) is 16.7. The van der Waals surface area contributed by atoms with Crippen molar-refractivity contribution in [2.75, 3.05) is 11.9 Å². The molecule has 2 aromatic heterocycles. The Morgan fingerprint density at radius 1 is 1.41 bits per heavy atom. The largest absolute Gasteiger partial charge is 0.443 e. The number of amides is 2. The van der Waals surface area contributed by atoms with E-state index in [4.69, 9.17) is 16.3 Å². The minimum Gasteiger partial charge on any atom is -0.443 e. The number of nitrogens with zero attached hydrogens (tertiary/aromatic N) is 4. The van der Waals surface area contributed by atoms with E-state index in [2.05, 4.69) is 15.4 Å². The Bertz CT molecular complexity index is 891. The van der Waals surface area contributed by atoms with Crippen LogP contribution in [-0.4, -0.2) is 56.5 Å². The van der Waals surface area contributed by atoms with E-state index in [1.165, 1.54) is 28.7 Å². The van der Waals surface area contributed by atoms with Gasteiger partial charge in [-0.1, -0.05) is 11.6 Å². The maximum Gasteiger partial charge on any atom is 0.415 e. The number of carbonyl (C=O) groups is 2. The fraction of sp³-hybridized carbons (Fsp3) is 0.529. The molecular formula is C17H22ClN5O4. The fourth-order valence-electron chi connectivity index (χ4n) is 2.64. The molecule has 2 N–H and O–H groups in total. The zero-order valence-electron chi connectivity index (χ0n) is 15.6. The number of fused-ring (bicyclic) bond motifs is 1. The van der Waals surface area contributed by atoms with Gasteiger partial charge in [-0.05, 0) is 33.6 Å². The van der Waals surface area contributed by atoms with E-state index >= 15 is 0 Å². The summed E-state index contributed by atoms with van der Waals surface area (Å²) in [6.45, 7) is 5.29. The summed E-state index contributed by atoms with van der Waals surface area (Å²) in [7, 11) is 1.52. The summed E-state index contributed by atoms with van der Waals surface area (Å²) in [4.78, 5) is 30.3. The molecule has 0 spiro atoms. The van der Waals surface area contributed by atoms with Crippen molar-refractivity contribution in [1.29, 1.82) is 0 Å². The van der Waals surface area contributed by atoms with Crippen LogP contribution < -0.4 is 10.2 Å². The van der Waals surface area contributed by atoms with Crippen LogP contribution in [0.15, 0.2) is 12.3 Å².